The quantitative estimate of drug-likeness (QED) is 0.758. The molecule has 6 nitrogen and oxygen atoms in total. The third kappa shape index (κ3) is 5.36. The smallest absolute Gasteiger partial charge is 0.226 e. The third-order valence-electron chi connectivity index (χ3n) is 4.38. The van der Waals surface area contributed by atoms with Gasteiger partial charge in [-0.25, -0.2) is 4.98 Å². The minimum absolute atomic E-state index is 0.0370. The van der Waals surface area contributed by atoms with Gasteiger partial charge in [-0.15, -0.1) is 11.3 Å². The Labute approximate surface area is 157 Å². The Kier molecular flexibility index (Phi) is 6.71. The van der Waals surface area contributed by atoms with Crippen LogP contribution < -0.4 is 5.32 Å². The summed E-state index contributed by atoms with van der Waals surface area (Å²) in [6, 6.07) is 5.70. The van der Waals surface area contributed by atoms with Crippen LogP contribution in [0.1, 0.15) is 37.8 Å². The van der Waals surface area contributed by atoms with E-state index in [0.29, 0.717) is 13.0 Å². The first-order valence-corrected chi connectivity index (χ1v) is 10.0. The van der Waals surface area contributed by atoms with Crippen LogP contribution in [0.2, 0.25) is 0 Å². The molecule has 0 atom stereocenters. The SMILES string of the molecule is O=C(Cc1csc(-c2ccccn2)n1)NCCCN1CCCCCC1=O. The monoisotopic (exact) mass is 372 g/mol. The summed E-state index contributed by atoms with van der Waals surface area (Å²) in [5, 5.41) is 5.65. The van der Waals surface area contributed by atoms with Crippen LogP contribution in [-0.2, 0) is 16.0 Å². The highest BCUT2D eigenvalue weighted by molar-refractivity contribution is 7.13. The number of nitrogens with zero attached hydrogens (tertiary/aromatic N) is 3. The Morgan fingerprint density at radius 3 is 3.04 bits per heavy atom. The number of thiazole rings is 1. The fourth-order valence-electron chi connectivity index (χ4n) is 2.99. The molecule has 1 aliphatic heterocycles. The average molecular weight is 372 g/mol. The first kappa shape index (κ1) is 18.5. The minimum Gasteiger partial charge on any atom is -0.356 e. The molecule has 0 saturated carbocycles. The molecule has 1 aliphatic rings. The standard InChI is InChI=1S/C19H24N4O2S/c24-17(21-10-6-12-23-11-5-1-2-8-18(23)25)13-15-14-26-19(22-15)16-7-3-4-9-20-16/h3-4,7,9,14H,1-2,5-6,8,10-13H2,(H,21,24). The summed E-state index contributed by atoms with van der Waals surface area (Å²) in [5.41, 5.74) is 1.59. The van der Waals surface area contributed by atoms with Gasteiger partial charge >= 0.3 is 0 Å². The second-order valence-corrected chi connectivity index (χ2v) is 7.29. The third-order valence-corrected chi connectivity index (χ3v) is 5.29. The number of hydrogen-bond acceptors (Lipinski definition) is 5. The number of aromatic nitrogens is 2. The van der Waals surface area contributed by atoms with Crippen molar-refractivity contribution in [3.63, 3.8) is 0 Å². The number of carbonyl (C=O) groups is 2. The van der Waals surface area contributed by atoms with Crippen LogP contribution in [-0.4, -0.2) is 46.3 Å². The maximum atomic E-state index is 12.1. The van der Waals surface area contributed by atoms with Crippen LogP contribution in [0.3, 0.4) is 0 Å². The fraction of sp³-hybridized carbons (Fsp3) is 0.474. The van der Waals surface area contributed by atoms with Crippen molar-refractivity contribution < 1.29 is 9.59 Å². The second-order valence-electron chi connectivity index (χ2n) is 6.43. The molecule has 2 amide bonds. The van der Waals surface area contributed by atoms with Gasteiger partial charge in [0.05, 0.1) is 17.8 Å². The summed E-state index contributed by atoms with van der Waals surface area (Å²) in [6.45, 7) is 2.15. The van der Waals surface area contributed by atoms with E-state index in [0.717, 1.165) is 55.2 Å². The molecule has 3 heterocycles. The zero-order chi connectivity index (χ0) is 18.2. The molecule has 138 valence electrons. The first-order valence-electron chi connectivity index (χ1n) is 9.12. The predicted molar refractivity (Wildman–Crippen MR) is 102 cm³/mol. The van der Waals surface area contributed by atoms with Crippen LogP contribution >= 0.6 is 11.3 Å². The zero-order valence-corrected chi connectivity index (χ0v) is 15.6. The number of pyridine rings is 1. The summed E-state index contributed by atoms with van der Waals surface area (Å²) in [4.78, 5) is 34.7. The summed E-state index contributed by atoms with van der Waals surface area (Å²) < 4.78 is 0. The molecule has 2 aromatic heterocycles. The van der Waals surface area contributed by atoms with Gasteiger partial charge in [-0.3, -0.25) is 14.6 Å². The number of nitrogens with one attached hydrogen (secondary N) is 1. The minimum atomic E-state index is -0.0370. The van der Waals surface area contributed by atoms with Gasteiger partial charge in [-0.1, -0.05) is 12.5 Å². The Hall–Kier alpha value is -2.28. The van der Waals surface area contributed by atoms with E-state index in [1.54, 1.807) is 6.20 Å². The summed E-state index contributed by atoms with van der Waals surface area (Å²) in [5.74, 6) is 0.211. The van der Waals surface area contributed by atoms with Crippen LogP contribution in [0, 0.1) is 0 Å². The van der Waals surface area contributed by atoms with Crippen molar-refractivity contribution in [3.05, 3.63) is 35.5 Å². The molecule has 0 radical (unpaired) electrons. The van der Waals surface area contributed by atoms with E-state index in [9.17, 15) is 9.59 Å². The molecule has 0 bridgehead atoms. The molecule has 1 fully saturated rings. The molecule has 7 heteroatoms. The number of carbonyl (C=O) groups excluding carboxylic acids is 2. The van der Waals surface area contributed by atoms with E-state index in [4.69, 9.17) is 0 Å². The maximum absolute atomic E-state index is 12.1. The van der Waals surface area contributed by atoms with Crippen molar-refractivity contribution in [2.45, 2.75) is 38.5 Å². The Bertz CT molecular complexity index is 732. The van der Waals surface area contributed by atoms with E-state index in [1.165, 1.54) is 11.3 Å². The van der Waals surface area contributed by atoms with Crippen LogP contribution in [0.4, 0.5) is 0 Å². The Morgan fingerprint density at radius 1 is 1.27 bits per heavy atom. The topological polar surface area (TPSA) is 75.2 Å². The van der Waals surface area contributed by atoms with Gasteiger partial charge in [0.1, 0.15) is 5.01 Å². The molecule has 3 rings (SSSR count). The van der Waals surface area contributed by atoms with Gasteiger partial charge < -0.3 is 10.2 Å². The Balaban J connectivity index is 1.39. The number of amides is 2. The molecule has 0 spiro atoms. The molecule has 1 saturated heterocycles. The average Bonchev–Trinajstić information content (AvgIpc) is 3.02. The fourth-order valence-corrected chi connectivity index (χ4v) is 3.79. The highest BCUT2D eigenvalue weighted by Gasteiger charge is 2.16. The van der Waals surface area contributed by atoms with Crippen molar-refractivity contribution in [3.8, 4) is 10.7 Å². The van der Waals surface area contributed by atoms with E-state index in [1.807, 2.05) is 28.5 Å². The lowest BCUT2D eigenvalue weighted by molar-refractivity contribution is -0.130. The lowest BCUT2D eigenvalue weighted by atomic mass is 10.2. The van der Waals surface area contributed by atoms with Crippen molar-refractivity contribution in [1.29, 1.82) is 0 Å². The molecular formula is C19H24N4O2S. The molecule has 0 aliphatic carbocycles. The number of likely N-dealkylation sites (tertiary alicyclic amines) is 1. The van der Waals surface area contributed by atoms with Gasteiger partial charge in [0.25, 0.3) is 0 Å². The van der Waals surface area contributed by atoms with Crippen molar-refractivity contribution in [2.24, 2.45) is 0 Å². The van der Waals surface area contributed by atoms with Crippen LogP contribution in [0.25, 0.3) is 10.7 Å². The summed E-state index contributed by atoms with van der Waals surface area (Å²) in [7, 11) is 0. The normalized spacial score (nSPS) is 14.9. The van der Waals surface area contributed by atoms with Crippen molar-refractivity contribution in [1.82, 2.24) is 20.2 Å². The van der Waals surface area contributed by atoms with Crippen LogP contribution in [0.5, 0.6) is 0 Å². The van der Waals surface area contributed by atoms with E-state index in [2.05, 4.69) is 15.3 Å². The van der Waals surface area contributed by atoms with E-state index >= 15 is 0 Å². The largest absolute Gasteiger partial charge is 0.356 e. The van der Waals surface area contributed by atoms with Crippen molar-refractivity contribution >= 4 is 23.2 Å². The van der Waals surface area contributed by atoms with Gasteiger partial charge in [-0.05, 0) is 31.4 Å². The Morgan fingerprint density at radius 2 is 2.19 bits per heavy atom. The number of rotatable bonds is 7. The predicted octanol–water partition coefficient (Wildman–Crippen LogP) is 2.66. The van der Waals surface area contributed by atoms with Crippen LogP contribution in [0.15, 0.2) is 29.8 Å². The van der Waals surface area contributed by atoms with Gasteiger partial charge in [0.2, 0.25) is 11.8 Å². The molecule has 0 aromatic carbocycles. The molecule has 0 unspecified atom stereocenters. The van der Waals surface area contributed by atoms with Gasteiger partial charge in [-0.2, -0.15) is 0 Å². The molecule has 2 aromatic rings. The summed E-state index contributed by atoms with van der Waals surface area (Å²) >= 11 is 1.50. The maximum Gasteiger partial charge on any atom is 0.226 e. The number of hydrogen-bond donors (Lipinski definition) is 1. The zero-order valence-electron chi connectivity index (χ0n) is 14.8. The van der Waals surface area contributed by atoms with Gasteiger partial charge in [0, 0.05) is 37.6 Å². The lowest BCUT2D eigenvalue weighted by Gasteiger charge is -2.20. The van der Waals surface area contributed by atoms with Gasteiger partial charge in [0.15, 0.2) is 0 Å². The summed E-state index contributed by atoms with van der Waals surface area (Å²) in [6.07, 6.45) is 6.67. The van der Waals surface area contributed by atoms with E-state index < -0.39 is 0 Å². The molecule has 26 heavy (non-hydrogen) atoms. The van der Waals surface area contributed by atoms with Crippen molar-refractivity contribution in [2.75, 3.05) is 19.6 Å². The highest BCUT2D eigenvalue weighted by Crippen LogP contribution is 2.21. The molecular weight excluding hydrogens is 348 g/mol. The second kappa shape index (κ2) is 9.43. The van der Waals surface area contributed by atoms with E-state index in [-0.39, 0.29) is 18.2 Å². The lowest BCUT2D eigenvalue weighted by Crippen LogP contribution is -2.34. The highest BCUT2D eigenvalue weighted by atomic mass is 32.1. The first-order chi connectivity index (χ1) is 12.7. The molecule has 1 N–H and O–H groups in total.